The number of carbonyl (C=O) groups is 2. The molecule has 0 saturated carbocycles. The maximum atomic E-state index is 13.0. The number of carbonyl (C=O) groups excluding carboxylic acids is 2. The highest BCUT2D eigenvalue weighted by molar-refractivity contribution is 9.10. The molecule has 13 heteroatoms. The molecule has 0 aliphatic carbocycles. The molecular formula is C25H31BrClN7O4. The minimum Gasteiger partial charge on any atom is -0.477 e. The van der Waals surface area contributed by atoms with Crippen LogP contribution in [0.5, 0.6) is 5.88 Å². The topological polar surface area (TPSA) is 124 Å². The van der Waals surface area contributed by atoms with Crippen LogP contribution in [-0.2, 0) is 4.74 Å². The Morgan fingerprint density at radius 1 is 1.26 bits per heavy atom. The zero-order chi connectivity index (χ0) is 28.0. The zero-order valence-corrected chi connectivity index (χ0v) is 24.4. The van der Waals surface area contributed by atoms with Crippen molar-refractivity contribution < 1.29 is 19.1 Å². The minimum absolute atomic E-state index is 0.116. The van der Waals surface area contributed by atoms with Gasteiger partial charge < -0.3 is 25.0 Å². The molecule has 0 unspecified atom stereocenters. The lowest BCUT2D eigenvalue weighted by Crippen LogP contribution is -2.37. The molecule has 204 valence electrons. The Labute approximate surface area is 235 Å². The largest absolute Gasteiger partial charge is 0.477 e. The number of halogens is 2. The molecule has 1 aromatic carbocycles. The summed E-state index contributed by atoms with van der Waals surface area (Å²) in [5.74, 6) is -0.128. The Morgan fingerprint density at radius 3 is 2.66 bits per heavy atom. The molecule has 0 aliphatic rings. The summed E-state index contributed by atoms with van der Waals surface area (Å²) in [5, 5.41) is 10.6. The van der Waals surface area contributed by atoms with Gasteiger partial charge in [-0.1, -0.05) is 17.7 Å². The summed E-state index contributed by atoms with van der Waals surface area (Å²) in [4.78, 5) is 35.4. The van der Waals surface area contributed by atoms with Gasteiger partial charge in [0, 0.05) is 30.5 Å². The number of nitrogens with zero attached hydrogens (tertiary/aromatic N) is 5. The smallest absolute Gasteiger partial charge is 0.410 e. The molecule has 0 bridgehead atoms. The first kappa shape index (κ1) is 29.2. The number of anilines is 3. The average molecular weight is 609 g/mol. The molecule has 11 nitrogen and oxygen atoms in total. The van der Waals surface area contributed by atoms with Crippen LogP contribution in [0.1, 0.15) is 51.0 Å². The lowest BCUT2D eigenvalue weighted by atomic mass is 10.2. The number of aromatic nitrogens is 4. The lowest BCUT2D eigenvalue weighted by molar-refractivity contribution is 0.0277. The first-order chi connectivity index (χ1) is 17.9. The van der Waals surface area contributed by atoms with Crippen LogP contribution in [-0.4, -0.2) is 62.4 Å². The molecule has 0 saturated heterocycles. The molecule has 3 rings (SSSR count). The highest BCUT2D eigenvalue weighted by Crippen LogP contribution is 2.31. The highest BCUT2D eigenvalue weighted by Gasteiger charge is 2.22. The maximum absolute atomic E-state index is 13.0. The summed E-state index contributed by atoms with van der Waals surface area (Å²) in [5.41, 5.74) is 0.636. The number of hydrogen-bond acceptors (Lipinski definition) is 8. The molecule has 3 aromatic rings. The Morgan fingerprint density at radius 2 is 2.00 bits per heavy atom. The van der Waals surface area contributed by atoms with E-state index in [2.05, 4.69) is 41.6 Å². The van der Waals surface area contributed by atoms with E-state index >= 15 is 0 Å². The van der Waals surface area contributed by atoms with Crippen molar-refractivity contribution in [2.45, 2.75) is 46.3 Å². The zero-order valence-electron chi connectivity index (χ0n) is 22.1. The second kappa shape index (κ2) is 12.4. The number of para-hydroxylation sites is 1. The average Bonchev–Trinajstić information content (AvgIpc) is 3.29. The van der Waals surface area contributed by atoms with E-state index in [1.165, 1.54) is 11.1 Å². The van der Waals surface area contributed by atoms with Gasteiger partial charge in [-0.15, -0.1) is 0 Å². The van der Waals surface area contributed by atoms with Crippen molar-refractivity contribution in [2.24, 2.45) is 0 Å². The molecule has 2 heterocycles. The fourth-order valence-corrected chi connectivity index (χ4v) is 4.10. The fourth-order valence-electron chi connectivity index (χ4n) is 3.29. The Balaban J connectivity index is 1.70. The van der Waals surface area contributed by atoms with Crippen molar-refractivity contribution in [3.63, 3.8) is 0 Å². The SMILES string of the molecule is CCOc1nc(Nc2cnn([C@H](C)CN(C)C(=O)OC(C)(C)C)c2)ncc1C(=O)Nc1c(Cl)cccc1Br. The van der Waals surface area contributed by atoms with E-state index in [0.29, 0.717) is 34.0 Å². The fraction of sp³-hybridized carbons (Fsp3) is 0.400. The van der Waals surface area contributed by atoms with Gasteiger partial charge in [-0.25, -0.2) is 9.78 Å². The maximum Gasteiger partial charge on any atom is 0.410 e. The van der Waals surface area contributed by atoms with Gasteiger partial charge in [0.25, 0.3) is 5.91 Å². The lowest BCUT2D eigenvalue weighted by Gasteiger charge is -2.26. The number of amides is 2. The second-order valence-electron chi connectivity index (χ2n) is 9.44. The van der Waals surface area contributed by atoms with E-state index in [-0.39, 0.29) is 23.4 Å². The Kier molecular flexibility index (Phi) is 9.55. The van der Waals surface area contributed by atoms with Gasteiger partial charge in [0.05, 0.1) is 35.2 Å². The van der Waals surface area contributed by atoms with E-state index in [4.69, 9.17) is 21.1 Å². The van der Waals surface area contributed by atoms with E-state index < -0.39 is 17.6 Å². The number of nitrogens with one attached hydrogen (secondary N) is 2. The van der Waals surface area contributed by atoms with E-state index in [0.717, 1.165) is 0 Å². The van der Waals surface area contributed by atoms with Gasteiger partial charge in [0.2, 0.25) is 11.8 Å². The van der Waals surface area contributed by atoms with Crippen molar-refractivity contribution in [1.29, 1.82) is 0 Å². The first-order valence-corrected chi connectivity index (χ1v) is 13.1. The van der Waals surface area contributed by atoms with Crippen LogP contribution < -0.4 is 15.4 Å². The Bertz CT molecular complexity index is 1270. The summed E-state index contributed by atoms with van der Waals surface area (Å²) in [6.45, 7) is 9.89. The summed E-state index contributed by atoms with van der Waals surface area (Å²) in [6.07, 6.45) is 4.36. The van der Waals surface area contributed by atoms with Crippen molar-refractivity contribution in [3.8, 4) is 5.88 Å². The molecule has 0 radical (unpaired) electrons. The molecule has 0 fully saturated rings. The summed E-state index contributed by atoms with van der Waals surface area (Å²) in [7, 11) is 1.68. The predicted octanol–water partition coefficient (Wildman–Crippen LogP) is 5.91. The van der Waals surface area contributed by atoms with E-state index in [9.17, 15) is 9.59 Å². The second-order valence-corrected chi connectivity index (χ2v) is 10.7. The standard InChI is InChI=1S/C25H31BrClN7O4/c1-7-37-22-17(21(35)31-20-18(26)9-8-10-19(20)27)12-28-23(32-22)30-16-11-29-34(14-16)15(2)13-33(6)24(36)38-25(3,4)5/h8-12,14-15H,7,13H2,1-6H3,(H,31,35)(H,28,30,32)/t15-/m1/s1. The first-order valence-electron chi connectivity index (χ1n) is 11.9. The van der Waals surface area contributed by atoms with Gasteiger partial charge in [-0.2, -0.15) is 10.1 Å². The van der Waals surface area contributed by atoms with Crippen molar-refractivity contribution in [2.75, 3.05) is 30.8 Å². The summed E-state index contributed by atoms with van der Waals surface area (Å²) in [6, 6.07) is 5.08. The van der Waals surface area contributed by atoms with E-state index in [1.807, 2.05) is 27.7 Å². The highest BCUT2D eigenvalue weighted by atomic mass is 79.9. The summed E-state index contributed by atoms with van der Waals surface area (Å²) < 4.78 is 13.4. The van der Waals surface area contributed by atoms with E-state index in [1.54, 1.807) is 49.2 Å². The van der Waals surface area contributed by atoms with Crippen LogP contribution in [0.4, 0.5) is 22.1 Å². The molecule has 1 atom stereocenters. The number of benzene rings is 1. The third-order valence-corrected chi connectivity index (χ3v) is 6.01. The monoisotopic (exact) mass is 607 g/mol. The number of ether oxygens (including phenoxy) is 2. The van der Waals surface area contributed by atoms with Crippen LogP contribution >= 0.6 is 27.5 Å². The third-order valence-electron chi connectivity index (χ3n) is 5.03. The number of rotatable bonds is 9. The quantitative estimate of drug-likeness (QED) is 0.307. The summed E-state index contributed by atoms with van der Waals surface area (Å²) >= 11 is 9.60. The van der Waals surface area contributed by atoms with Crippen LogP contribution in [0.2, 0.25) is 5.02 Å². The van der Waals surface area contributed by atoms with Crippen LogP contribution in [0.15, 0.2) is 41.3 Å². The predicted molar refractivity (Wildman–Crippen MR) is 149 cm³/mol. The van der Waals surface area contributed by atoms with Gasteiger partial charge in [-0.3, -0.25) is 9.48 Å². The molecule has 38 heavy (non-hydrogen) atoms. The van der Waals surface area contributed by atoms with Gasteiger partial charge in [0.1, 0.15) is 11.2 Å². The molecule has 0 spiro atoms. The van der Waals surface area contributed by atoms with Crippen molar-refractivity contribution in [1.82, 2.24) is 24.6 Å². The third kappa shape index (κ3) is 7.81. The van der Waals surface area contributed by atoms with Crippen LogP contribution in [0.3, 0.4) is 0 Å². The minimum atomic E-state index is -0.570. The van der Waals surface area contributed by atoms with Crippen LogP contribution in [0.25, 0.3) is 0 Å². The molecule has 0 aliphatic heterocycles. The number of likely N-dealkylation sites (N-methyl/N-ethyl adjacent to an activating group) is 1. The number of hydrogen-bond donors (Lipinski definition) is 2. The van der Waals surface area contributed by atoms with Gasteiger partial charge in [-0.05, 0) is 62.7 Å². The van der Waals surface area contributed by atoms with Crippen molar-refractivity contribution in [3.05, 3.63) is 51.8 Å². The van der Waals surface area contributed by atoms with Gasteiger partial charge >= 0.3 is 6.09 Å². The molecule has 2 N–H and O–H groups in total. The van der Waals surface area contributed by atoms with Gasteiger partial charge in [0.15, 0.2) is 0 Å². The van der Waals surface area contributed by atoms with Crippen LogP contribution in [0, 0.1) is 0 Å². The van der Waals surface area contributed by atoms with Crippen molar-refractivity contribution >= 4 is 56.9 Å². The molecule has 2 aromatic heterocycles. The normalized spacial score (nSPS) is 12.0. The molecular weight excluding hydrogens is 578 g/mol. The Hall–Kier alpha value is -3.38. The molecule has 2 amide bonds.